The molecule has 3 fully saturated rings. The molecule has 2 amide bonds. The van der Waals surface area contributed by atoms with Gasteiger partial charge < -0.3 is 19.2 Å². The van der Waals surface area contributed by atoms with E-state index in [4.69, 9.17) is 28.8 Å². The van der Waals surface area contributed by atoms with E-state index in [0.717, 1.165) is 98.5 Å². The van der Waals surface area contributed by atoms with E-state index in [1.807, 2.05) is 30.0 Å². The summed E-state index contributed by atoms with van der Waals surface area (Å²) in [7, 11) is 1.68. The largest absolute Gasteiger partial charge is 0.495 e. The van der Waals surface area contributed by atoms with Crippen LogP contribution >= 0.6 is 0 Å². The molecule has 0 aliphatic heterocycles. The van der Waals surface area contributed by atoms with Gasteiger partial charge in [0.1, 0.15) is 23.5 Å². The van der Waals surface area contributed by atoms with E-state index in [0.29, 0.717) is 49.2 Å². The fourth-order valence-electron chi connectivity index (χ4n) is 7.11. The summed E-state index contributed by atoms with van der Waals surface area (Å²) in [5.74, 6) is 3.95. The van der Waals surface area contributed by atoms with Crippen molar-refractivity contribution in [1.82, 2.24) is 20.3 Å². The van der Waals surface area contributed by atoms with E-state index in [-0.39, 0.29) is 17.9 Å². The van der Waals surface area contributed by atoms with Gasteiger partial charge in [-0.25, -0.2) is 14.8 Å². The van der Waals surface area contributed by atoms with E-state index in [1.54, 1.807) is 26.5 Å². The van der Waals surface area contributed by atoms with Gasteiger partial charge in [-0.2, -0.15) is 0 Å². The van der Waals surface area contributed by atoms with Crippen LogP contribution in [0.25, 0.3) is 11.3 Å². The van der Waals surface area contributed by atoms with E-state index in [2.05, 4.69) is 11.4 Å². The number of rotatable bonds is 11. The average molecular weight is 630 g/mol. The highest BCUT2D eigenvalue weighted by Crippen LogP contribution is 2.41. The molecule has 3 heterocycles. The Morgan fingerprint density at radius 2 is 1.70 bits per heavy atom. The maximum Gasteiger partial charge on any atom is 0.407 e. The summed E-state index contributed by atoms with van der Waals surface area (Å²) >= 11 is 0. The SMILES string of the molecule is CCOC(=O)NCC1CCC(C(=O)N(CC2CCC(c3ccc(OC)c(C)n3)CC2)c2cc(-c3coc(C4CC4)n3)ccn2)CC1. The number of hydrogen-bond acceptors (Lipinski definition) is 8. The van der Waals surface area contributed by atoms with E-state index >= 15 is 0 Å². The zero-order valence-corrected chi connectivity index (χ0v) is 27.4. The number of aromatic nitrogens is 3. The van der Waals surface area contributed by atoms with Crippen molar-refractivity contribution < 1.29 is 23.5 Å². The van der Waals surface area contributed by atoms with Crippen LogP contribution in [0.15, 0.2) is 41.1 Å². The molecule has 3 aliphatic rings. The Hall–Kier alpha value is -3.95. The smallest absolute Gasteiger partial charge is 0.407 e. The van der Waals surface area contributed by atoms with Gasteiger partial charge in [0.05, 0.1) is 19.4 Å². The van der Waals surface area contributed by atoms with Gasteiger partial charge in [0.2, 0.25) is 5.91 Å². The zero-order chi connectivity index (χ0) is 32.0. The number of oxazole rings is 1. The number of alkyl carbamates (subject to hydrolysis) is 1. The minimum atomic E-state index is -0.373. The number of anilines is 1. The number of carbonyl (C=O) groups is 2. The number of pyridine rings is 2. The van der Waals surface area contributed by atoms with Crippen LogP contribution in [-0.4, -0.2) is 53.8 Å². The maximum atomic E-state index is 14.3. The fraction of sp³-hybridized carbons (Fsp3) is 0.583. The summed E-state index contributed by atoms with van der Waals surface area (Å²) in [6, 6.07) is 8.06. The number of nitrogens with one attached hydrogen (secondary N) is 1. The lowest BCUT2D eigenvalue weighted by atomic mass is 9.79. The molecule has 0 spiro atoms. The summed E-state index contributed by atoms with van der Waals surface area (Å²) in [5, 5.41) is 2.87. The molecule has 0 radical (unpaired) electrons. The van der Waals surface area contributed by atoms with Gasteiger partial charge in [-0.05, 0) is 114 Å². The van der Waals surface area contributed by atoms with Crippen molar-refractivity contribution in [2.24, 2.45) is 17.8 Å². The Morgan fingerprint density at radius 1 is 0.957 bits per heavy atom. The second-order valence-electron chi connectivity index (χ2n) is 13.3. The molecule has 3 aromatic heterocycles. The highest BCUT2D eigenvalue weighted by Gasteiger charge is 2.34. The number of ether oxygens (including phenoxy) is 2. The van der Waals surface area contributed by atoms with E-state index < -0.39 is 0 Å². The van der Waals surface area contributed by atoms with Crippen molar-refractivity contribution in [3.05, 3.63) is 54.0 Å². The molecule has 0 bridgehead atoms. The van der Waals surface area contributed by atoms with Crippen LogP contribution < -0.4 is 15.0 Å². The fourth-order valence-corrected chi connectivity index (χ4v) is 7.11. The van der Waals surface area contributed by atoms with Gasteiger partial charge in [-0.15, -0.1) is 0 Å². The standard InChI is InChI=1S/C36H47N5O5/c1-4-45-36(43)38-20-24-5-11-28(12-6-24)35(42)41(33-19-29(17-18-37-33)31-22-46-34(40-31)27-13-14-27)21-25-7-9-26(10-8-25)30-15-16-32(44-3)23(2)39-30/h15-19,22,24-28H,4-14,20-21H2,1-3H3,(H,38,43). The first-order valence-corrected chi connectivity index (χ1v) is 17.1. The van der Waals surface area contributed by atoms with Crippen molar-refractivity contribution in [3.63, 3.8) is 0 Å². The first-order valence-electron chi connectivity index (χ1n) is 17.1. The molecule has 3 aliphatic carbocycles. The zero-order valence-electron chi connectivity index (χ0n) is 27.4. The van der Waals surface area contributed by atoms with Gasteiger partial charge >= 0.3 is 6.09 Å². The van der Waals surface area contributed by atoms with Crippen LogP contribution in [0, 0.1) is 24.7 Å². The molecule has 0 atom stereocenters. The predicted octanol–water partition coefficient (Wildman–Crippen LogP) is 7.19. The molecular weight excluding hydrogens is 582 g/mol. The van der Waals surface area contributed by atoms with Crippen LogP contribution in [0.1, 0.15) is 100 Å². The molecule has 3 aromatic rings. The maximum absolute atomic E-state index is 14.3. The number of carbonyl (C=O) groups excluding carboxylic acids is 2. The number of aryl methyl sites for hydroxylation is 1. The van der Waals surface area contributed by atoms with Gasteiger partial charge in [-0.1, -0.05) is 0 Å². The Kier molecular flexibility index (Phi) is 10.2. The van der Waals surface area contributed by atoms with Crippen LogP contribution in [0.5, 0.6) is 5.75 Å². The molecule has 0 aromatic carbocycles. The Balaban J connectivity index is 1.15. The van der Waals surface area contributed by atoms with Crippen molar-refractivity contribution in [2.45, 2.75) is 89.9 Å². The van der Waals surface area contributed by atoms with Crippen LogP contribution in [0.4, 0.5) is 10.6 Å². The lowest BCUT2D eigenvalue weighted by Gasteiger charge is -2.35. The summed E-state index contributed by atoms with van der Waals surface area (Å²) in [6.07, 6.45) is 12.9. The second-order valence-corrected chi connectivity index (χ2v) is 13.3. The van der Waals surface area contributed by atoms with Crippen molar-refractivity contribution in [1.29, 1.82) is 0 Å². The van der Waals surface area contributed by atoms with Gasteiger partial charge in [-0.3, -0.25) is 14.7 Å². The average Bonchev–Trinajstić information content (AvgIpc) is 3.82. The highest BCUT2D eigenvalue weighted by atomic mass is 16.5. The Labute approximate surface area is 271 Å². The molecule has 10 heteroatoms. The lowest BCUT2D eigenvalue weighted by Crippen LogP contribution is -2.42. The molecule has 46 heavy (non-hydrogen) atoms. The topological polar surface area (TPSA) is 120 Å². The predicted molar refractivity (Wildman–Crippen MR) is 175 cm³/mol. The number of nitrogens with zero attached hydrogens (tertiary/aromatic N) is 4. The van der Waals surface area contributed by atoms with Crippen LogP contribution in [0.3, 0.4) is 0 Å². The molecule has 0 saturated heterocycles. The summed E-state index contributed by atoms with van der Waals surface area (Å²) < 4.78 is 16.2. The normalized spacial score (nSPS) is 23.0. The first kappa shape index (κ1) is 32.0. The minimum absolute atomic E-state index is 0.0689. The van der Waals surface area contributed by atoms with Crippen molar-refractivity contribution >= 4 is 17.8 Å². The van der Waals surface area contributed by atoms with Gasteiger partial charge in [0, 0.05) is 48.3 Å². The highest BCUT2D eigenvalue weighted by molar-refractivity contribution is 5.94. The van der Waals surface area contributed by atoms with E-state index in [9.17, 15) is 9.59 Å². The quantitative estimate of drug-likeness (QED) is 0.237. The third-order valence-corrected chi connectivity index (χ3v) is 10.0. The molecular formula is C36H47N5O5. The van der Waals surface area contributed by atoms with Crippen molar-refractivity contribution in [2.75, 3.05) is 31.7 Å². The van der Waals surface area contributed by atoms with Crippen LogP contribution in [-0.2, 0) is 9.53 Å². The summed E-state index contributed by atoms with van der Waals surface area (Å²) in [5.41, 5.74) is 3.76. The molecule has 10 nitrogen and oxygen atoms in total. The Bertz CT molecular complexity index is 1490. The number of amides is 2. The minimum Gasteiger partial charge on any atom is -0.495 e. The Morgan fingerprint density at radius 3 is 2.39 bits per heavy atom. The van der Waals surface area contributed by atoms with Gasteiger partial charge in [0.15, 0.2) is 5.89 Å². The van der Waals surface area contributed by atoms with Crippen LogP contribution in [0.2, 0.25) is 0 Å². The van der Waals surface area contributed by atoms with Gasteiger partial charge in [0.25, 0.3) is 0 Å². The lowest BCUT2D eigenvalue weighted by molar-refractivity contribution is -0.123. The molecule has 246 valence electrons. The van der Waals surface area contributed by atoms with E-state index in [1.165, 1.54) is 0 Å². The first-order chi connectivity index (χ1) is 22.4. The second kappa shape index (κ2) is 14.6. The van der Waals surface area contributed by atoms with Crippen molar-refractivity contribution in [3.8, 4) is 17.0 Å². The monoisotopic (exact) mass is 629 g/mol. The number of methoxy groups -OCH3 is 1. The summed E-state index contributed by atoms with van der Waals surface area (Å²) in [4.78, 5) is 42.4. The third kappa shape index (κ3) is 7.70. The molecule has 1 N–H and O–H groups in total. The summed E-state index contributed by atoms with van der Waals surface area (Å²) in [6.45, 7) is 5.38. The number of hydrogen-bond donors (Lipinski definition) is 1. The molecule has 0 unspecified atom stereocenters. The molecule has 6 rings (SSSR count). The molecule has 3 saturated carbocycles. The third-order valence-electron chi connectivity index (χ3n) is 10.0.